The lowest BCUT2D eigenvalue weighted by Gasteiger charge is -2.22. The SMILES string of the molecule is CCCCc1ccc2nc(NC3CCCCC3)sc2c1. The Bertz CT molecular complexity index is 555. The molecule has 1 saturated carbocycles. The van der Waals surface area contributed by atoms with Gasteiger partial charge in [-0.3, -0.25) is 0 Å². The smallest absolute Gasteiger partial charge is 0.184 e. The van der Waals surface area contributed by atoms with Crippen LogP contribution in [0.5, 0.6) is 0 Å². The number of fused-ring (bicyclic) bond motifs is 1. The van der Waals surface area contributed by atoms with Crippen molar-refractivity contribution in [2.45, 2.75) is 64.3 Å². The third kappa shape index (κ3) is 3.32. The molecule has 1 aliphatic rings. The van der Waals surface area contributed by atoms with Crippen LogP contribution in [0.4, 0.5) is 5.13 Å². The number of unbranched alkanes of at least 4 members (excludes halogenated alkanes) is 1. The Balaban J connectivity index is 1.72. The van der Waals surface area contributed by atoms with Gasteiger partial charge in [-0.25, -0.2) is 4.98 Å². The second-order valence-electron chi connectivity index (χ2n) is 5.90. The molecule has 0 saturated heterocycles. The Labute approximate surface area is 125 Å². The Morgan fingerprint density at radius 2 is 2.10 bits per heavy atom. The van der Waals surface area contributed by atoms with Crippen LogP contribution in [0.1, 0.15) is 57.4 Å². The topological polar surface area (TPSA) is 24.9 Å². The molecule has 1 fully saturated rings. The van der Waals surface area contributed by atoms with Gasteiger partial charge in [0.1, 0.15) is 0 Å². The zero-order valence-corrected chi connectivity index (χ0v) is 13.1. The number of nitrogens with zero attached hydrogens (tertiary/aromatic N) is 1. The molecule has 0 aliphatic heterocycles. The zero-order valence-electron chi connectivity index (χ0n) is 12.3. The van der Waals surface area contributed by atoms with Gasteiger partial charge in [-0.05, 0) is 43.4 Å². The fraction of sp³-hybridized carbons (Fsp3) is 0.588. The minimum absolute atomic E-state index is 0.642. The van der Waals surface area contributed by atoms with Crippen molar-refractivity contribution in [3.05, 3.63) is 23.8 Å². The predicted octanol–water partition coefficient (Wildman–Crippen LogP) is 5.38. The first-order valence-electron chi connectivity index (χ1n) is 8.01. The first kappa shape index (κ1) is 13.9. The zero-order chi connectivity index (χ0) is 13.8. The van der Waals surface area contributed by atoms with E-state index >= 15 is 0 Å². The molecule has 0 amide bonds. The summed E-state index contributed by atoms with van der Waals surface area (Å²) in [6, 6.07) is 7.39. The van der Waals surface area contributed by atoms with E-state index in [4.69, 9.17) is 4.98 Å². The molecule has 0 radical (unpaired) electrons. The molecule has 2 aromatic rings. The molecule has 1 aromatic heterocycles. The number of aryl methyl sites for hydroxylation is 1. The van der Waals surface area contributed by atoms with E-state index in [9.17, 15) is 0 Å². The normalized spacial score (nSPS) is 16.6. The number of thiazole rings is 1. The lowest BCUT2D eigenvalue weighted by molar-refractivity contribution is 0.462. The van der Waals surface area contributed by atoms with Crippen molar-refractivity contribution in [2.75, 3.05) is 5.32 Å². The molecule has 0 bridgehead atoms. The predicted molar refractivity (Wildman–Crippen MR) is 88.7 cm³/mol. The molecule has 108 valence electrons. The lowest BCUT2D eigenvalue weighted by atomic mass is 9.96. The maximum absolute atomic E-state index is 4.74. The summed E-state index contributed by atoms with van der Waals surface area (Å²) in [6.45, 7) is 2.25. The number of nitrogens with one attached hydrogen (secondary N) is 1. The van der Waals surface area contributed by atoms with Gasteiger partial charge < -0.3 is 5.32 Å². The highest BCUT2D eigenvalue weighted by molar-refractivity contribution is 7.22. The monoisotopic (exact) mass is 288 g/mol. The summed E-state index contributed by atoms with van der Waals surface area (Å²) in [6.07, 6.45) is 10.5. The van der Waals surface area contributed by atoms with E-state index in [1.54, 1.807) is 0 Å². The van der Waals surface area contributed by atoms with E-state index < -0.39 is 0 Å². The second kappa shape index (κ2) is 6.57. The number of aromatic nitrogens is 1. The van der Waals surface area contributed by atoms with Crippen molar-refractivity contribution < 1.29 is 0 Å². The highest BCUT2D eigenvalue weighted by Crippen LogP contribution is 2.29. The third-order valence-corrected chi connectivity index (χ3v) is 5.15. The molecule has 1 aromatic carbocycles. The van der Waals surface area contributed by atoms with Gasteiger partial charge >= 0.3 is 0 Å². The van der Waals surface area contributed by atoms with Gasteiger partial charge in [0.05, 0.1) is 10.2 Å². The summed E-state index contributed by atoms with van der Waals surface area (Å²) < 4.78 is 1.33. The van der Waals surface area contributed by atoms with Crippen molar-refractivity contribution in [3.8, 4) is 0 Å². The fourth-order valence-electron chi connectivity index (χ4n) is 2.99. The van der Waals surface area contributed by atoms with E-state index in [0.29, 0.717) is 6.04 Å². The van der Waals surface area contributed by atoms with Crippen LogP contribution in [0.2, 0.25) is 0 Å². The van der Waals surface area contributed by atoms with E-state index in [0.717, 1.165) is 10.6 Å². The molecule has 2 nitrogen and oxygen atoms in total. The number of hydrogen-bond donors (Lipinski definition) is 1. The second-order valence-corrected chi connectivity index (χ2v) is 6.93. The van der Waals surface area contributed by atoms with E-state index in [-0.39, 0.29) is 0 Å². The van der Waals surface area contributed by atoms with Crippen LogP contribution in [-0.4, -0.2) is 11.0 Å². The van der Waals surface area contributed by atoms with E-state index in [1.807, 2.05) is 11.3 Å². The highest BCUT2D eigenvalue weighted by Gasteiger charge is 2.14. The number of rotatable bonds is 5. The standard InChI is InChI=1S/C17H24N2S/c1-2-3-7-13-10-11-15-16(12-13)20-17(19-15)18-14-8-5-4-6-9-14/h10-12,14H,2-9H2,1H3,(H,18,19). The van der Waals surface area contributed by atoms with Gasteiger partial charge in [-0.1, -0.05) is 50.0 Å². The van der Waals surface area contributed by atoms with Crippen LogP contribution in [0, 0.1) is 0 Å². The Kier molecular flexibility index (Phi) is 4.56. The minimum atomic E-state index is 0.642. The van der Waals surface area contributed by atoms with Gasteiger partial charge in [0.25, 0.3) is 0 Å². The van der Waals surface area contributed by atoms with Crippen molar-refractivity contribution in [1.82, 2.24) is 4.98 Å². The largest absolute Gasteiger partial charge is 0.359 e. The van der Waals surface area contributed by atoms with Crippen molar-refractivity contribution in [1.29, 1.82) is 0 Å². The van der Waals surface area contributed by atoms with Crippen LogP contribution in [-0.2, 0) is 6.42 Å². The quantitative estimate of drug-likeness (QED) is 0.798. The fourth-order valence-corrected chi connectivity index (χ4v) is 4.00. The molecule has 0 unspecified atom stereocenters. The Morgan fingerprint density at radius 1 is 1.25 bits per heavy atom. The van der Waals surface area contributed by atoms with Gasteiger partial charge in [0.15, 0.2) is 5.13 Å². The number of hydrogen-bond acceptors (Lipinski definition) is 3. The number of anilines is 1. The average Bonchev–Trinajstić information content (AvgIpc) is 2.87. The summed E-state index contributed by atoms with van der Waals surface area (Å²) in [4.78, 5) is 4.74. The van der Waals surface area contributed by atoms with E-state index in [1.165, 1.54) is 61.6 Å². The molecule has 0 atom stereocenters. The van der Waals surface area contributed by atoms with Crippen LogP contribution in [0.15, 0.2) is 18.2 Å². The Morgan fingerprint density at radius 3 is 2.90 bits per heavy atom. The summed E-state index contributed by atoms with van der Waals surface area (Å²) in [5.41, 5.74) is 2.60. The molecule has 3 rings (SSSR count). The summed E-state index contributed by atoms with van der Waals surface area (Å²) in [5.74, 6) is 0. The minimum Gasteiger partial charge on any atom is -0.359 e. The molecule has 1 heterocycles. The first-order chi connectivity index (χ1) is 9.85. The molecule has 0 spiro atoms. The summed E-state index contributed by atoms with van der Waals surface area (Å²) in [7, 11) is 0. The van der Waals surface area contributed by atoms with Crippen LogP contribution >= 0.6 is 11.3 Å². The maximum Gasteiger partial charge on any atom is 0.184 e. The summed E-state index contributed by atoms with van der Waals surface area (Å²) >= 11 is 1.82. The van der Waals surface area contributed by atoms with Gasteiger partial charge in [0.2, 0.25) is 0 Å². The first-order valence-corrected chi connectivity index (χ1v) is 8.83. The van der Waals surface area contributed by atoms with Gasteiger partial charge in [0, 0.05) is 6.04 Å². The Hall–Kier alpha value is -1.09. The molecule has 3 heteroatoms. The van der Waals surface area contributed by atoms with Crippen LogP contribution in [0.25, 0.3) is 10.2 Å². The van der Waals surface area contributed by atoms with Crippen molar-refractivity contribution >= 4 is 26.7 Å². The van der Waals surface area contributed by atoms with Crippen LogP contribution in [0.3, 0.4) is 0 Å². The lowest BCUT2D eigenvalue weighted by Crippen LogP contribution is -2.21. The molecule has 20 heavy (non-hydrogen) atoms. The average molecular weight is 288 g/mol. The summed E-state index contributed by atoms with van der Waals surface area (Å²) in [5, 5.41) is 4.75. The molecular formula is C17H24N2S. The highest BCUT2D eigenvalue weighted by atomic mass is 32.1. The molecule has 1 aliphatic carbocycles. The van der Waals surface area contributed by atoms with Crippen molar-refractivity contribution in [2.24, 2.45) is 0 Å². The van der Waals surface area contributed by atoms with Gasteiger partial charge in [-0.2, -0.15) is 0 Å². The van der Waals surface area contributed by atoms with E-state index in [2.05, 4.69) is 30.4 Å². The molecule has 1 N–H and O–H groups in total. The number of benzene rings is 1. The maximum atomic E-state index is 4.74. The molecular weight excluding hydrogens is 264 g/mol. The van der Waals surface area contributed by atoms with Crippen molar-refractivity contribution in [3.63, 3.8) is 0 Å². The van der Waals surface area contributed by atoms with Gasteiger partial charge in [-0.15, -0.1) is 0 Å². The third-order valence-electron chi connectivity index (χ3n) is 4.20. The van der Waals surface area contributed by atoms with Crippen LogP contribution < -0.4 is 5.32 Å².